The van der Waals surface area contributed by atoms with Gasteiger partial charge in [0.25, 0.3) is 0 Å². The van der Waals surface area contributed by atoms with Gasteiger partial charge in [-0.05, 0) is 43.9 Å². The van der Waals surface area contributed by atoms with Crippen LogP contribution >= 0.6 is 0 Å². The molecule has 1 aliphatic rings. The number of hydrogen-bond donors (Lipinski definition) is 2. The Morgan fingerprint density at radius 1 is 1.45 bits per heavy atom. The van der Waals surface area contributed by atoms with E-state index in [0.29, 0.717) is 16.9 Å². The Morgan fingerprint density at radius 2 is 2.31 bits per heavy atom. The highest BCUT2D eigenvalue weighted by molar-refractivity contribution is 5.72. The Balaban J connectivity index is 1.68. The van der Waals surface area contributed by atoms with Gasteiger partial charge in [0.1, 0.15) is 17.3 Å². The number of H-pyrrole nitrogens is 1. The molecule has 2 atom stereocenters. The maximum atomic E-state index is 14.0. The van der Waals surface area contributed by atoms with Crippen molar-refractivity contribution in [2.75, 3.05) is 11.4 Å². The van der Waals surface area contributed by atoms with Gasteiger partial charge in [0.2, 0.25) is 0 Å². The van der Waals surface area contributed by atoms with Crippen molar-refractivity contribution >= 4 is 23.1 Å². The monoisotopic (exact) mass is 394 g/mol. The van der Waals surface area contributed by atoms with Gasteiger partial charge in [-0.15, -0.1) is 0 Å². The number of nitrogens with two attached hydrogens (primary N) is 1. The topological polar surface area (TPSA) is 110 Å². The Hall–Kier alpha value is -3.67. The van der Waals surface area contributed by atoms with Crippen molar-refractivity contribution < 1.29 is 13.9 Å². The second kappa shape index (κ2) is 7.75. The number of amides is 1. The molecule has 1 saturated heterocycles. The molecule has 9 heteroatoms. The van der Waals surface area contributed by atoms with E-state index in [-0.39, 0.29) is 6.04 Å². The van der Waals surface area contributed by atoms with Crippen LogP contribution in [0.5, 0.6) is 0 Å². The van der Waals surface area contributed by atoms with Gasteiger partial charge in [0.15, 0.2) is 11.8 Å². The number of fused-ring (bicyclic) bond motifs is 1. The molecule has 148 valence electrons. The van der Waals surface area contributed by atoms with Gasteiger partial charge in [-0.25, -0.2) is 24.1 Å². The first-order valence-electron chi connectivity index (χ1n) is 9.21. The zero-order chi connectivity index (χ0) is 20.4. The second-order valence-electron chi connectivity index (χ2n) is 6.73. The molecule has 1 fully saturated rings. The van der Waals surface area contributed by atoms with Crippen LogP contribution in [0, 0.1) is 17.7 Å². The maximum Gasteiger partial charge on any atom is 0.405 e. The number of primary amides is 1. The van der Waals surface area contributed by atoms with Crippen molar-refractivity contribution in [3.63, 3.8) is 0 Å². The average molecular weight is 394 g/mol. The number of halogens is 1. The third-order valence-electron chi connectivity index (χ3n) is 4.74. The normalized spacial score (nSPS) is 17.0. The molecule has 0 aromatic carbocycles. The van der Waals surface area contributed by atoms with Crippen LogP contribution in [0.3, 0.4) is 0 Å². The molecule has 0 bridgehead atoms. The minimum atomic E-state index is -0.902. The van der Waals surface area contributed by atoms with E-state index < -0.39 is 18.0 Å². The van der Waals surface area contributed by atoms with E-state index >= 15 is 0 Å². The van der Waals surface area contributed by atoms with Crippen LogP contribution in [-0.2, 0) is 4.74 Å². The summed E-state index contributed by atoms with van der Waals surface area (Å²) in [6, 6.07) is 5.17. The predicted molar refractivity (Wildman–Crippen MR) is 104 cm³/mol. The van der Waals surface area contributed by atoms with Gasteiger partial charge in [0.05, 0.1) is 24.1 Å². The molecule has 3 N–H and O–H groups in total. The van der Waals surface area contributed by atoms with Crippen molar-refractivity contribution in [2.24, 2.45) is 5.73 Å². The molecule has 0 saturated carbocycles. The van der Waals surface area contributed by atoms with E-state index in [1.807, 2.05) is 12.1 Å². The van der Waals surface area contributed by atoms with Gasteiger partial charge in [-0.1, -0.05) is 5.92 Å². The van der Waals surface area contributed by atoms with Crippen LogP contribution < -0.4 is 10.6 Å². The van der Waals surface area contributed by atoms with Crippen LogP contribution in [0.15, 0.2) is 30.7 Å². The van der Waals surface area contributed by atoms with Crippen molar-refractivity contribution in [2.45, 2.75) is 31.9 Å². The highest BCUT2D eigenvalue weighted by Crippen LogP contribution is 2.36. The minimum absolute atomic E-state index is 0.126. The van der Waals surface area contributed by atoms with Crippen molar-refractivity contribution in [3.8, 4) is 11.8 Å². The smallest absolute Gasteiger partial charge is 0.405 e. The molecular formula is C20H19FN6O2. The molecule has 4 rings (SSSR count). The maximum absolute atomic E-state index is 14.0. The van der Waals surface area contributed by atoms with E-state index in [1.54, 1.807) is 13.3 Å². The van der Waals surface area contributed by atoms with E-state index in [0.717, 1.165) is 36.9 Å². The minimum Gasteiger partial charge on any atom is -0.433 e. The van der Waals surface area contributed by atoms with Gasteiger partial charge >= 0.3 is 6.09 Å². The third kappa shape index (κ3) is 3.96. The Labute approximate surface area is 166 Å². The number of nitrogens with zero attached hydrogens (tertiary/aromatic N) is 4. The molecule has 1 aliphatic heterocycles. The predicted octanol–water partition coefficient (Wildman–Crippen LogP) is 2.67. The summed E-state index contributed by atoms with van der Waals surface area (Å²) in [5, 5.41) is 0. The summed E-state index contributed by atoms with van der Waals surface area (Å²) >= 11 is 0. The van der Waals surface area contributed by atoms with Crippen molar-refractivity contribution in [1.29, 1.82) is 0 Å². The van der Waals surface area contributed by atoms with E-state index in [1.165, 1.54) is 6.07 Å². The largest absolute Gasteiger partial charge is 0.433 e. The Morgan fingerprint density at radius 3 is 3.14 bits per heavy atom. The van der Waals surface area contributed by atoms with E-state index in [4.69, 9.17) is 10.5 Å². The highest BCUT2D eigenvalue weighted by Gasteiger charge is 2.30. The standard InChI is InChI=1S/C20H19FN6O2/c1-12(29-20(22)28)4-5-15-14(9-13(21)10-23-15)17-3-2-8-27(17)18-7-6-16-19(26-18)25-11-24-16/h6-7,9-12,17H,2-3,8H2,1H3,(H2,22,28)(H,24,25,26)/t12-,17?/m1/s1. The van der Waals surface area contributed by atoms with Crippen LogP contribution in [0.2, 0.25) is 0 Å². The SMILES string of the molecule is C[C@H](C#Cc1ncc(F)cc1C1CCCN1c1ccc2[nH]cnc2n1)OC(N)=O. The lowest BCUT2D eigenvalue weighted by Gasteiger charge is -2.26. The molecule has 1 amide bonds. The fourth-order valence-electron chi connectivity index (χ4n) is 3.52. The number of ether oxygens (including phenoxy) is 1. The zero-order valence-electron chi connectivity index (χ0n) is 15.7. The number of nitrogens with one attached hydrogen (secondary N) is 1. The van der Waals surface area contributed by atoms with Crippen LogP contribution in [-0.4, -0.2) is 38.7 Å². The molecular weight excluding hydrogens is 375 g/mol. The molecule has 1 unspecified atom stereocenters. The Kier molecular flexibility index (Phi) is 4.99. The summed E-state index contributed by atoms with van der Waals surface area (Å²) in [5.74, 6) is 6.01. The fourth-order valence-corrected chi connectivity index (χ4v) is 3.52. The summed E-state index contributed by atoms with van der Waals surface area (Å²) < 4.78 is 18.8. The lowest BCUT2D eigenvalue weighted by Crippen LogP contribution is -2.24. The molecule has 3 aromatic rings. The first-order valence-corrected chi connectivity index (χ1v) is 9.21. The number of hydrogen-bond acceptors (Lipinski definition) is 6. The number of rotatable bonds is 3. The first kappa shape index (κ1) is 18.7. The average Bonchev–Trinajstić information content (AvgIpc) is 3.35. The molecule has 8 nitrogen and oxygen atoms in total. The van der Waals surface area contributed by atoms with E-state index in [2.05, 4.69) is 36.7 Å². The molecule has 29 heavy (non-hydrogen) atoms. The van der Waals surface area contributed by atoms with E-state index in [9.17, 15) is 9.18 Å². The number of carbonyl (C=O) groups excluding carboxylic acids is 1. The summed E-state index contributed by atoms with van der Waals surface area (Å²) in [6.07, 6.45) is 2.86. The molecule has 3 aromatic heterocycles. The number of aromatic nitrogens is 4. The van der Waals surface area contributed by atoms with Gasteiger partial charge in [0, 0.05) is 12.1 Å². The molecule has 4 heterocycles. The molecule has 0 spiro atoms. The lowest BCUT2D eigenvalue weighted by atomic mass is 10.0. The number of pyridine rings is 2. The summed E-state index contributed by atoms with van der Waals surface area (Å²) in [4.78, 5) is 29.0. The number of imidazole rings is 1. The van der Waals surface area contributed by atoms with Crippen molar-refractivity contribution in [3.05, 3.63) is 47.8 Å². The second-order valence-corrected chi connectivity index (χ2v) is 6.73. The highest BCUT2D eigenvalue weighted by atomic mass is 19.1. The number of anilines is 1. The van der Waals surface area contributed by atoms with Gasteiger partial charge in [-0.2, -0.15) is 0 Å². The third-order valence-corrected chi connectivity index (χ3v) is 4.74. The molecule has 0 radical (unpaired) electrons. The quantitative estimate of drug-likeness (QED) is 0.661. The van der Waals surface area contributed by atoms with Crippen molar-refractivity contribution in [1.82, 2.24) is 19.9 Å². The number of carbonyl (C=O) groups is 1. The summed E-state index contributed by atoms with van der Waals surface area (Å²) in [7, 11) is 0. The summed E-state index contributed by atoms with van der Waals surface area (Å²) in [5.41, 5.74) is 7.60. The zero-order valence-corrected chi connectivity index (χ0v) is 15.7. The lowest BCUT2D eigenvalue weighted by molar-refractivity contribution is 0.141. The fraction of sp³-hybridized carbons (Fsp3) is 0.300. The van der Waals surface area contributed by atoms with Crippen LogP contribution in [0.25, 0.3) is 11.2 Å². The van der Waals surface area contributed by atoms with Crippen LogP contribution in [0.1, 0.15) is 37.1 Å². The first-order chi connectivity index (χ1) is 14.0. The van der Waals surface area contributed by atoms with Crippen LogP contribution in [0.4, 0.5) is 15.0 Å². The number of aromatic amines is 1. The summed E-state index contributed by atoms with van der Waals surface area (Å²) in [6.45, 7) is 2.38. The Bertz CT molecular complexity index is 1120. The van der Waals surface area contributed by atoms with Gasteiger partial charge in [-0.3, -0.25) is 0 Å². The van der Waals surface area contributed by atoms with Gasteiger partial charge < -0.3 is 20.4 Å². The molecule has 0 aliphatic carbocycles.